The van der Waals surface area contributed by atoms with Crippen LogP contribution in [-0.4, -0.2) is 24.0 Å². The topological polar surface area (TPSA) is 53.0 Å². The third-order valence-corrected chi connectivity index (χ3v) is 2.75. The highest BCUT2D eigenvalue weighted by Gasteiger charge is 2.24. The van der Waals surface area contributed by atoms with Gasteiger partial charge >= 0.3 is 0 Å². The van der Waals surface area contributed by atoms with Crippen LogP contribution in [0.5, 0.6) is 0 Å². The average molecular weight is 201 g/mol. The molecule has 2 rings (SSSR count). The van der Waals surface area contributed by atoms with E-state index in [0.29, 0.717) is 6.04 Å². The van der Waals surface area contributed by atoms with Crippen molar-refractivity contribution in [3.8, 4) is 6.07 Å². The van der Waals surface area contributed by atoms with Crippen LogP contribution < -0.4 is 5.73 Å². The van der Waals surface area contributed by atoms with Gasteiger partial charge in [0.1, 0.15) is 0 Å². The maximum Gasteiger partial charge on any atom is 0.0992 e. The molecule has 0 spiro atoms. The maximum atomic E-state index is 8.91. The molecular formula is C12H15N3. The number of nitriles is 1. The standard InChI is InChI=1S/C12H15N3/c13-7-10-4-2-1-3-5-12(6-10)15-8-11(14)9-15/h1-2,4,6,11H,3,5,8-9,14H2/b2-1-,10-4+,12-6+. The van der Waals surface area contributed by atoms with Crippen molar-refractivity contribution in [3.63, 3.8) is 0 Å². The highest BCUT2D eigenvalue weighted by Crippen LogP contribution is 2.21. The highest BCUT2D eigenvalue weighted by atomic mass is 15.2. The molecule has 0 unspecified atom stereocenters. The highest BCUT2D eigenvalue weighted by molar-refractivity contribution is 5.39. The Hall–Kier alpha value is -1.53. The number of hydrogen-bond donors (Lipinski definition) is 1. The largest absolute Gasteiger partial charge is 0.372 e. The van der Waals surface area contributed by atoms with E-state index in [1.165, 1.54) is 5.70 Å². The zero-order valence-electron chi connectivity index (χ0n) is 8.69. The second-order valence-corrected chi connectivity index (χ2v) is 4.00. The second kappa shape index (κ2) is 4.33. The summed E-state index contributed by atoms with van der Waals surface area (Å²) in [6.45, 7) is 1.85. The Morgan fingerprint density at radius 3 is 2.93 bits per heavy atom. The summed E-state index contributed by atoms with van der Waals surface area (Å²) in [4.78, 5) is 2.26. The molecule has 0 aromatic rings. The second-order valence-electron chi connectivity index (χ2n) is 4.00. The van der Waals surface area contributed by atoms with E-state index in [1.807, 2.05) is 18.2 Å². The molecule has 1 saturated heterocycles. The Balaban J connectivity index is 2.13. The van der Waals surface area contributed by atoms with Crippen LogP contribution in [0.2, 0.25) is 0 Å². The third kappa shape index (κ3) is 2.28. The molecule has 3 heteroatoms. The van der Waals surface area contributed by atoms with Gasteiger partial charge in [0.25, 0.3) is 0 Å². The van der Waals surface area contributed by atoms with E-state index < -0.39 is 0 Å². The van der Waals surface area contributed by atoms with Gasteiger partial charge in [0.05, 0.1) is 11.6 Å². The summed E-state index contributed by atoms with van der Waals surface area (Å²) in [6.07, 6.45) is 9.93. The van der Waals surface area contributed by atoms with Crippen LogP contribution in [0.4, 0.5) is 0 Å². The minimum absolute atomic E-state index is 0.307. The SMILES string of the molecule is N#CC1=C/C=C\CC/C(N2CC(N)C2)=C\1. The molecule has 0 aromatic heterocycles. The minimum Gasteiger partial charge on any atom is -0.372 e. The van der Waals surface area contributed by atoms with Crippen molar-refractivity contribution in [2.75, 3.05) is 13.1 Å². The van der Waals surface area contributed by atoms with Crippen molar-refractivity contribution in [3.05, 3.63) is 35.6 Å². The van der Waals surface area contributed by atoms with E-state index >= 15 is 0 Å². The van der Waals surface area contributed by atoms with Gasteiger partial charge in [0.15, 0.2) is 0 Å². The molecule has 1 aliphatic carbocycles. The van der Waals surface area contributed by atoms with Crippen LogP contribution >= 0.6 is 0 Å². The summed E-state index contributed by atoms with van der Waals surface area (Å²) >= 11 is 0. The van der Waals surface area contributed by atoms with E-state index in [9.17, 15) is 0 Å². The lowest BCUT2D eigenvalue weighted by Gasteiger charge is -2.40. The van der Waals surface area contributed by atoms with E-state index in [4.69, 9.17) is 11.0 Å². The van der Waals surface area contributed by atoms with Crippen molar-refractivity contribution in [1.82, 2.24) is 4.90 Å². The number of nitrogens with two attached hydrogens (primary N) is 1. The lowest BCUT2D eigenvalue weighted by atomic mass is 10.0. The monoisotopic (exact) mass is 201 g/mol. The molecule has 0 atom stereocenters. The summed E-state index contributed by atoms with van der Waals surface area (Å²) in [7, 11) is 0. The summed E-state index contributed by atoms with van der Waals surface area (Å²) in [5, 5.41) is 8.91. The van der Waals surface area contributed by atoms with E-state index in [0.717, 1.165) is 31.5 Å². The first-order valence-electron chi connectivity index (χ1n) is 5.27. The van der Waals surface area contributed by atoms with Gasteiger partial charge in [-0.1, -0.05) is 12.2 Å². The molecular weight excluding hydrogens is 186 g/mol. The lowest BCUT2D eigenvalue weighted by Crippen LogP contribution is -2.54. The van der Waals surface area contributed by atoms with Gasteiger partial charge in [-0.2, -0.15) is 5.26 Å². The van der Waals surface area contributed by atoms with Crippen LogP contribution in [0, 0.1) is 11.3 Å². The molecule has 1 aliphatic heterocycles. The van der Waals surface area contributed by atoms with E-state index in [2.05, 4.69) is 17.0 Å². The zero-order chi connectivity index (χ0) is 10.7. The molecule has 1 heterocycles. The Kier molecular flexibility index (Phi) is 2.89. The Bertz CT molecular complexity index is 365. The number of allylic oxidation sites excluding steroid dienone is 6. The van der Waals surface area contributed by atoms with Gasteiger partial charge in [0.2, 0.25) is 0 Å². The summed E-state index contributed by atoms with van der Waals surface area (Å²) in [5.41, 5.74) is 7.72. The molecule has 2 N–H and O–H groups in total. The Morgan fingerprint density at radius 1 is 1.47 bits per heavy atom. The maximum absolute atomic E-state index is 8.91. The van der Waals surface area contributed by atoms with E-state index in [1.54, 1.807) is 0 Å². The number of rotatable bonds is 1. The quantitative estimate of drug-likeness (QED) is 0.696. The molecule has 3 nitrogen and oxygen atoms in total. The van der Waals surface area contributed by atoms with Gasteiger partial charge in [-0.25, -0.2) is 0 Å². The molecule has 0 radical (unpaired) electrons. The summed E-state index contributed by atoms with van der Waals surface area (Å²) in [5.74, 6) is 0. The predicted octanol–water partition coefficient (Wildman–Crippen LogP) is 1.31. The Labute approximate surface area is 90.2 Å². The number of nitrogens with zero attached hydrogens (tertiary/aromatic N) is 2. The number of hydrogen-bond acceptors (Lipinski definition) is 3. The fourth-order valence-corrected chi connectivity index (χ4v) is 1.87. The zero-order valence-corrected chi connectivity index (χ0v) is 8.69. The summed E-state index contributed by atoms with van der Waals surface area (Å²) in [6, 6.07) is 2.50. The first-order valence-corrected chi connectivity index (χ1v) is 5.27. The van der Waals surface area contributed by atoms with Gasteiger partial charge < -0.3 is 10.6 Å². The van der Waals surface area contributed by atoms with E-state index in [-0.39, 0.29) is 0 Å². The molecule has 0 amide bonds. The molecule has 0 aromatic carbocycles. The van der Waals surface area contributed by atoms with Crippen molar-refractivity contribution in [1.29, 1.82) is 5.26 Å². The van der Waals surface area contributed by atoms with Gasteiger partial charge in [-0.3, -0.25) is 0 Å². The number of likely N-dealkylation sites (tertiary alicyclic amines) is 1. The molecule has 78 valence electrons. The fraction of sp³-hybridized carbons (Fsp3) is 0.417. The first-order chi connectivity index (χ1) is 7.29. The molecule has 15 heavy (non-hydrogen) atoms. The first kappa shape index (κ1) is 10.0. The lowest BCUT2D eigenvalue weighted by molar-refractivity contribution is 0.194. The molecule has 0 saturated carbocycles. The van der Waals surface area contributed by atoms with Gasteiger partial charge in [0, 0.05) is 24.8 Å². The fourth-order valence-electron chi connectivity index (χ4n) is 1.87. The van der Waals surface area contributed by atoms with Crippen molar-refractivity contribution in [2.45, 2.75) is 18.9 Å². The van der Waals surface area contributed by atoms with Gasteiger partial charge in [-0.15, -0.1) is 0 Å². The average Bonchev–Trinajstić information content (AvgIpc) is 2.14. The summed E-state index contributed by atoms with van der Waals surface area (Å²) < 4.78 is 0. The Morgan fingerprint density at radius 2 is 2.27 bits per heavy atom. The predicted molar refractivity (Wildman–Crippen MR) is 59.7 cm³/mol. The van der Waals surface area contributed by atoms with Crippen molar-refractivity contribution in [2.24, 2.45) is 5.73 Å². The van der Waals surface area contributed by atoms with Crippen LogP contribution in [0.15, 0.2) is 35.6 Å². The van der Waals surface area contributed by atoms with Crippen LogP contribution in [0.25, 0.3) is 0 Å². The smallest absolute Gasteiger partial charge is 0.0992 e. The van der Waals surface area contributed by atoms with Crippen molar-refractivity contribution >= 4 is 0 Å². The molecule has 0 bridgehead atoms. The van der Waals surface area contributed by atoms with Crippen LogP contribution in [-0.2, 0) is 0 Å². The third-order valence-electron chi connectivity index (χ3n) is 2.75. The molecule has 2 aliphatic rings. The molecule has 1 fully saturated rings. The van der Waals surface area contributed by atoms with Crippen LogP contribution in [0.1, 0.15) is 12.8 Å². The minimum atomic E-state index is 0.307. The van der Waals surface area contributed by atoms with Crippen LogP contribution in [0.3, 0.4) is 0 Å². The normalized spacial score (nSPS) is 31.1. The van der Waals surface area contributed by atoms with Gasteiger partial charge in [-0.05, 0) is 25.0 Å². The van der Waals surface area contributed by atoms with Crippen molar-refractivity contribution < 1.29 is 0 Å².